The van der Waals surface area contributed by atoms with E-state index in [1.54, 1.807) is 0 Å². The number of nitrogens with zero attached hydrogens (tertiary/aromatic N) is 2. The average molecular weight is 202 g/mol. The van der Waals surface area contributed by atoms with Gasteiger partial charge in [0.2, 0.25) is 0 Å². The number of thiol groups is 1. The van der Waals surface area contributed by atoms with Crippen molar-refractivity contribution in [3.63, 3.8) is 0 Å². The fourth-order valence-electron chi connectivity index (χ4n) is 1.81. The number of likely N-dealkylation sites (N-methyl/N-ethyl adjacent to an activating group) is 1. The molecule has 0 atom stereocenters. The molecule has 0 radical (unpaired) electrons. The Morgan fingerprint density at radius 3 is 2.46 bits per heavy atom. The van der Waals surface area contributed by atoms with Crippen LogP contribution in [0.1, 0.15) is 20.3 Å². The zero-order valence-electron chi connectivity index (χ0n) is 9.08. The molecule has 0 unspecified atom stereocenters. The van der Waals surface area contributed by atoms with Gasteiger partial charge in [-0.25, -0.2) is 0 Å². The molecular formula is C10H22N2S. The van der Waals surface area contributed by atoms with E-state index in [2.05, 4.69) is 43.3 Å². The Balaban J connectivity index is 2.34. The Hall–Kier alpha value is 0.270. The van der Waals surface area contributed by atoms with E-state index < -0.39 is 0 Å². The van der Waals surface area contributed by atoms with Gasteiger partial charge in [0.05, 0.1) is 0 Å². The van der Waals surface area contributed by atoms with Crippen LogP contribution in [-0.4, -0.2) is 54.3 Å². The molecule has 0 spiro atoms. The summed E-state index contributed by atoms with van der Waals surface area (Å²) >= 11 is 4.57. The molecule has 0 aromatic carbocycles. The van der Waals surface area contributed by atoms with Gasteiger partial charge in [-0.1, -0.05) is 0 Å². The van der Waals surface area contributed by atoms with E-state index in [-0.39, 0.29) is 4.75 Å². The van der Waals surface area contributed by atoms with Gasteiger partial charge in [-0.2, -0.15) is 12.6 Å². The van der Waals surface area contributed by atoms with Crippen LogP contribution in [0.5, 0.6) is 0 Å². The van der Waals surface area contributed by atoms with Gasteiger partial charge in [0, 0.05) is 24.4 Å². The molecular weight excluding hydrogens is 180 g/mol. The third-order valence-electron chi connectivity index (χ3n) is 2.42. The summed E-state index contributed by atoms with van der Waals surface area (Å²) in [5, 5.41) is 0. The third-order valence-corrected chi connectivity index (χ3v) is 2.56. The van der Waals surface area contributed by atoms with E-state index in [0.29, 0.717) is 0 Å². The van der Waals surface area contributed by atoms with E-state index in [9.17, 15) is 0 Å². The highest BCUT2D eigenvalue weighted by Crippen LogP contribution is 2.14. The number of hydrogen-bond acceptors (Lipinski definition) is 3. The second-order valence-electron chi connectivity index (χ2n) is 4.75. The molecule has 2 nitrogen and oxygen atoms in total. The molecule has 0 aromatic rings. The highest BCUT2D eigenvalue weighted by Gasteiger charge is 2.19. The maximum Gasteiger partial charge on any atom is 0.0200 e. The Bertz CT molecular complexity index is 153. The lowest BCUT2D eigenvalue weighted by Crippen LogP contribution is -2.37. The normalized spacial score (nSPS) is 23.1. The van der Waals surface area contributed by atoms with Crippen molar-refractivity contribution >= 4 is 12.6 Å². The monoisotopic (exact) mass is 202 g/mol. The molecule has 1 saturated heterocycles. The second-order valence-corrected chi connectivity index (χ2v) is 5.96. The lowest BCUT2D eigenvalue weighted by atomic mass is 10.2. The van der Waals surface area contributed by atoms with Crippen LogP contribution in [0.4, 0.5) is 0 Å². The summed E-state index contributed by atoms with van der Waals surface area (Å²) in [6.07, 6.45) is 1.29. The summed E-state index contributed by atoms with van der Waals surface area (Å²) < 4.78 is 0.142. The molecule has 1 aliphatic heterocycles. The summed E-state index contributed by atoms with van der Waals surface area (Å²) in [6.45, 7) is 10.3. The molecule has 3 heteroatoms. The highest BCUT2D eigenvalue weighted by molar-refractivity contribution is 7.81. The van der Waals surface area contributed by atoms with Crippen molar-refractivity contribution in [2.24, 2.45) is 0 Å². The van der Waals surface area contributed by atoms with Gasteiger partial charge in [0.1, 0.15) is 0 Å². The zero-order valence-corrected chi connectivity index (χ0v) is 9.98. The number of rotatable bonds is 2. The largest absolute Gasteiger partial charge is 0.305 e. The van der Waals surface area contributed by atoms with Crippen LogP contribution in [-0.2, 0) is 0 Å². The molecule has 0 N–H and O–H groups in total. The van der Waals surface area contributed by atoms with Crippen LogP contribution in [0.3, 0.4) is 0 Å². The van der Waals surface area contributed by atoms with E-state index in [1.807, 2.05) is 0 Å². The fourth-order valence-corrected chi connectivity index (χ4v) is 2.01. The maximum absolute atomic E-state index is 4.57. The molecule has 0 saturated carbocycles. The van der Waals surface area contributed by atoms with Gasteiger partial charge in [0.15, 0.2) is 0 Å². The first-order chi connectivity index (χ1) is 5.97. The van der Waals surface area contributed by atoms with Gasteiger partial charge < -0.3 is 9.80 Å². The molecule has 1 rings (SSSR count). The summed E-state index contributed by atoms with van der Waals surface area (Å²) in [6, 6.07) is 0. The van der Waals surface area contributed by atoms with Crippen molar-refractivity contribution in [1.29, 1.82) is 0 Å². The lowest BCUT2D eigenvalue weighted by molar-refractivity contribution is 0.260. The topological polar surface area (TPSA) is 6.48 Å². The predicted molar refractivity (Wildman–Crippen MR) is 61.6 cm³/mol. The number of hydrogen-bond donors (Lipinski definition) is 1. The predicted octanol–water partition coefficient (Wildman–Crippen LogP) is 1.33. The van der Waals surface area contributed by atoms with Gasteiger partial charge in [-0.05, 0) is 40.4 Å². The molecule has 0 amide bonds. The first-order valence-electron chi connectivity index (χ1n) is 5.11. The summed E-state index contributed by atoms with van der Waals surface area (Å²) in [5.41, 5.74) is 0. The quantitative estimate of drug-likeness (QED) is 0.675. The molecule has 0 bridgehead atoms. The lowest BCUT2D eigenvalue weighted by Gasteiger charge is -2.27. The maximum atomic E-state index is 4.57. The van der Waals surface area contributed by atoms with Gasteiger partial charge in [-0.3, -0.25) is 0 Å². The van der Waals surface area contributed by atoms with Gasteiger partial charge in [0.25, 0.3) is 0 Å². The fraction of sp³-hybridized carbons (Fsp3) is 1.00. The van der Waals surface area contributed by atoms with Crippen molar-refractivity contribution in [2.45, 2.75) is 25.0 Å². The molecule has 78 valence electrons. The standard InChI is InChI=1S/C10H22N2S/c1-10(2,13)9-12-6-4-5-11(3)7-8-12/h13H,4-9H2,1-3H3. The summed E-state index contributed by atoms with van der Waals surface area (Å²) in [4.78, 5) is 4.93. The molecule has 1 fully saturated rings. The minimum absolute atomic E-state index is 0.142. The molecule has 1 heterocycles. The molecule has 0 aliphatic carbocycles. The first-order valence-corrected chi connectivity index (χ1v) is 5.55. The van der Waals surface area contributed by atoms with Crippen LogP contribution >= 0.6 is 12.6 Å². The SMILES string of the molecule is CN1CCCN(CC(C)(C)S)CC1. The van der Waals surface area contributed by atoms with Crippen LogP contribution in [0, 0.1) is 0 Å². The van der Waals surface area contributed by atoms with Crippen LogP contribution in [0.15, 0.2) is 0 Å². The first kappa shape index (κ1) is 11.3. The van der Waals surface area contributed by atoms with Crippen molar-refractivity contribution < 1.29 is 0 Å². The summed E-state index contributed by atoms with van der Waals surface area (Å²) in [5.74, 6) is 0. The minimum Gasteiger partial charge on any atom is -0.305 e. The van der Waals surface area contributed by atoms with E-state index in [0.717, 1.165) is 6.54 Å². The van der Waals surface area contributed by atoms with Crippen molar-refractivity contribution in [3.05, 3.63) is 0 Å². The van der Waals surface area contributed by atoms with E-state index in [1.165, 1.54) is 32.6 Å². The van der Waals surface area contributed by atoms with E-state index >= 15 is 0 Å². The molecule has 1 aliphatic rings. The van der Waals surface area contributed by atoms with Gasteiger partial charge >= 0.3 is 0 Å². The highest BCUT2D eigenvalue weighted by atomic mass is 32.1. The van der Waals surface area contributed by atoms with Crippen molar-refractivity contribution in [1.82, 2.24) is 9.80 Å². The average Bonchev–Trinajstić information content (AvgIpc) is 2.12. The second kappa shape index (κ2) is 4.67. The van der Waals surface area contributed by atoms with E-state index in [4.69, 9.17) is 0 Å². The van der Waals surface area contributed by atoms with Crippen molar-refractivity contribution in [3.8, 4) is 0 Å². The Labute approximate surface area is 87.7 Å². The Morgan fingerprint density at radius 2 is 1.85 bits per heavy atom. The van der Waals surface area contributed by atoms with Gasteiger partial charge in [-0.15, -0.1) is 0 Å². The third kappa shape index (κ3) is 4.89. The van der Waals surface area contributed by atoms with Crippen LogP contribution in [0.25, 0.3) is 0 Å². The Kier molecular flexibility index (Phi) is 4.07. The van der Waals surface area contributed by atoms with Crippen molar-refractivity contribution in [2.75, 3.05) is 39.8 Å². The van der Waals surface area contributed by atoms with Crippen LogP contribution in [0.2, 0.25) is 0 Å². The zero-order chi connectivity index (χ0) is 9.90. The summed E-state index contributed by atoms with van der Waals surface area (Å²) in [7, 11) is 2.20. The minimum atomic E-state index is 0.142. The smallest absolute Gasteiger partial charge is 0.0200 e. The van der Waals surface area contributed by atoms with Crippen LogP contribution < -0.4 is 0 Å². The Morgan fingerprint density at radius 1 is 1.15 bits per heavy atom. The molecule has 13 heavy (non-hydrogen) atoms. The molecule has 0 aromatic heterocycles.